The number of hydrogen-bond acceptors (Lipinski definition) is 11. The Bertz CT molecular complexity index is 2700. The molecule has 15 nitrogen and oxygen atoms in total. The van der Waals surface area contributed by atoms with Crippen molar-refractivity contribution in [1.82, 2.24) is 19.7 Å². The van der Waals surface area contributed by atoms with E-state index in [9.17, 15) is 58.0 Å². The van der Waals surface area contributed by atoms with E-state index in [1.54, 1.807) is 24.3 Å². The van der Waals surface area contributed by atoms with Gasteiger partial charge in [0, 0.05) is 73.9 Å². The summed E-state index contributed by atoms with van der Waals surface area (Å²) in [6.07, 6.45) is -9.96. The zero-order chi connectivity index (χ0) is 48.8. The third-order valence-electron chi connectivity index (χ3n) is 9.53. The van der Waals surface area contributed by atoms with Crippen molar-refractivity contribution in [3.05, 3.63) is 114 Å². The lowest BCUT2D eigenvalue weighted by atomic mass is 10.2. The molecule has 0 aromatic heterocycles. The molecule has 66 heavy (non-hydrogen) atoms. The maximum Gasteiger partial charge on any atom is 0.416 e. The fraction of sp³-hybridized carbons (Fsp3) is 0.308. The molecule has 2 saturated heterocycles. The standard InChI is InChI=1S/C20H17Br2F3N4O4S.C19H18Br2F3N3O4S/c1-28(15-4-2-3-12(7-15)20(23,24)25)19(30)33-18-9-14(10-29(18)11-26)27-34(31,32)17-8-13(21)5-6-16(17)22;20-12-4-5-16(21)17(7-12)32(29,30)27-14-8-15(25-9-14)10-31-18(28)26-13-3-1-2-11(6-13)19(22,23)24/h2-8,14,18,27H,9-10H2,1H3;1-7,14-15,25,27H,8-10H2,(H,26,28)/t14-,18-;14-,15-/m11/s1. The number of carbonyl (C=O) groups is 2. The van der Waals surface area contributed by atoms with Crippen molar-refractivity contribution in [3.8, 4) is 6.19 Å². The summed E-state index contributed by atoms with van der Waals surface area (Å²) in [5.74, 6) is 0. The number of nitrogens with zero attached hydrogens (tertiary/aromatic N) is 3. The molecule has 2 fully saturated rings. The molecular formula is C39H35Br4F6N7O8S2. The van der Waals surface area contributed by atoms with Gasteiger partial charge in [-0.2, -0.15) is 31.6 Å². The highest BCUT2D eigenvalue weighted by Gasteiger charge is 2.39. The quantitative estimate of drug-likeness (QED) is 0.0825. The third kappa shape index (κ3) is 14.5. The Kier molecular flexibility index (Phi) is 17.6. The van der Waals surface area contributed by atoms with Crippen LogP contribution < -0.4 is 25.0 Å². The summed E-state index contributed by atoms with van der Waals surface area (Å²) in [4.78, 5) is 26.5. The van der Waals surface area contributed by atoms with E-state index in [0.29, 0.717) is 30.9 Å². The highest BCUT2D eigenvalue weighted by molar-refractivity contribution is 9.11. The van der Waals surface area contributed by atoms with E-state index in [1.165, 1.54) is 37.4 Å². The molecule has 6 rings (SSSR count). The Balaban J connectivity index is 0.000000248. The van der Waals surface area contributed by atoms with E-state index in [4.69, 9.17) is 9.47 Å². The normalized spacial score (nSPS) is 18.7. The summed E-state index contributed by atoms with van der Waals surface area (Å²) in [5.41, 5.74) is -1.93. The van der Waals surface area contributed by atoms with Crippen LogP contribution in [0, 0.1) is 11.5 Å². The number of alkyl halides is 6. The van der Waals surface area contributed by atoms with Gasteiger partial charge in [0.2, 0.25) is 20.0 Å². The molecular weight excluding hydrogens is 1190 g/mol. The van der Waals surface area contributed by atoms with E-state index < -0.39 is 74.0 Å². The van der Waals surface area contributed by atoms with Crippen molar-refractivity contribution >= 4 is 107 Å². The lowest BCUT2D eigenvalue weighted by molar-refractivity contribution is -0.138. The Morgan fingerprint density at radius 1 is 0.803 bits per heavy atom. The first-order chi connectivity index (χ1) is 30.7. The molecule has 0 aliphatic carbocycles. The second-order valence-corrected chi connectivity index (χ2v) is 21.3. The molecule has 0 bridgehead atoms. The van der Waals surface area contributed by atoms with Gasteiger partial charge in [0.05, 0.1) is 20.9 Å². The van der Waals surface area contributed by atoms with E-state index in [0.717, 1.165) is 40.1 Å². The first kappa shape index (κ1) is 53.0. The number of halogens is 10. The Hall–Kier alpha value is -4.01. The minimum atomic E-state index is -4.59. The van der Waals surface area contributed by atoms with Gasteiger partial charge < -0.3 is 14.8 Å². The number of nitrogens with one attached hydrogen (secondary N) is 4. The molecule has 2 amide bonds. The highest BCUT2D eigenvalue weighted by Crippen LogP contribution is 2.33. The fourth-order valence-electron chi connectivity index (χ4n) is 6.37. The topological polar surface area (TPSA) is 199 Å². The van der Waals surface area contributed by atoms with Crippen LogP contribution in [0.4, 0.5) is 47.3 Å². The number of ether oxygens (including phenoxy) is 2. The number of nitriles is 1. The molecule has 4 atom stereocenters. The summed E-state index contributed by atoms with van der Waals surface area (Å²) in [7, 11) is -6.54. The van der Waals surface area contributed by atoms with Gasteiger partial charge in [0.1, 0.15) is 6.61 Å². The molecule has 356 valence electrons. The van der Waals surface area contributed by atoms with Gasteiger partial charge in [-0.05, 0) is 111 Å². The molecule has 0 spiro atoms. The zero-order valence-corrected chi connectivity index (χ0v) is 41.6. The molecule has 4 N–H and O–H groups in total. The molecule has 2 heterocycles. The smallest absolute Gasteiger partial charge is 0.416 e. The number of anilines is 2. The summed E-state index contributed by atoms with van der Waals surface area (Å²) < 4.78 is 146. The van der Waals surface area contributed by atoms with Crippen molar-refractivity contribution in [1.29, 1.82) is 5.26 Å². The van der Waals surface area contributed by atoms with E-state index >= 15 is 0 Å². The maximum atomic E-state index is 13.0. The van der Waals surface area contributed by atoms with Crippen molar-refractivity contribution in [2.75, 3.05) is 37.0 Å². The molecule has 4 aromatic rings. The number of likely N-dealkylation sites (tertiary alicyclic amines) is 1. The van der Waals surface area contributed by atoms with Crippen LogP contribution in [-0.4, -0.2) is 85.0 Å². The maximum absolute atomic E-state index is 13.0. The number of sulfonamides is 2. The molecule has 2 aliphatic rings. The number of benzene rings is 4. The van der Waals surface area contributed by atoms with Crippen molar-refractivity contribution in [2.24, 2.45) is 0 Å². The monoisotopic (exact) mass is 1220 g/mol. The van der Waals surface area contributed by atoms with Crippen molar-refractivity contribution < 1.29 is 62.2 Å². The molecule has 2 aliphatic heterocycles. The minimum absolute atomic E-state index is 0.0184. The molecule has 0 unspecified atom stereocenters. The van der Waals surface area contributed by atoms with E-state index in [1.807, 2.05) is 6.19 Å². The van der Waals surface area contributed by atoms with Crippen LogP contribution in [0.15, 0.2) is 113 Å². The predicted molar refractivity (Wildman–Crippen MR) is 242 cm³/mol. The molecule has 27 heteroatoms. The summed E-state index contributed by atoms with van der Waals surface area (Å²) in [5, 5.41) is 14.7. The SMILES string of the molecule is CN(C(=O)O[C@@H]1C[C@@H](NS(=O)(=O)c2cc(Br)ccc2Br)CN1C#N)c1cccc(C(F)(F)F)c1.O=C(Nc1cccc(C(F)(F)F)c1)OC[C@H]1C[C@@H](NS(=O)(=O)c2cc(Br)ccc2Br)CN1. The van der Waals surface area contributed by atoms with Gasteiger partial charge in [-0.15, -0.1) is 0 Å². The van der Waals surface area contributed by atoms with Gasteiger partial charge in [-0.1, -0.05) is 44.0 Å². The van der Waals surface area contributed by atoms with Gasteiger partial charge >= 0.3 is 24.5 Å². The molecule has 0 saturated carbocycles. The number of carbonyl (C=O) groups excluding carboxylic acids is 2. The summed E-state index contributed by atoms with van der Waals surface area (Å²) in [6.45, 7) is 0.185. The van der Waals surface area contributed by atoms with E-state index in [2.05, 4.69) is 83.8 Å². The van der Waals surface area contributed by atoms with Crippen LogP contribution in [0.2, 0.25) is 0 Å². The first-order valence-electron chi connectivity index (χ1n) is 18.8. The lowest BCUT2D eigenvalue weighted by Gasteiger charge is -2.23. The Morgan fingerprint density at radius 2 is 1.35 bits per heavy atom. The van der Waals surface area contributed by atoms with E-state index in [-0.39, 0.29) is 46.8 Å². The summed E-state index contributed by atoms with van der Waals surface area (Å²) >= 11 is 12.9. The Morgan fingerprint density at radius 3 is 1.91 bits per heavy atom. The lowest BCUT2D eigenvalue weighted by Crippen LogP contribution is -2.36. The highest BCUT2D eigenvalue weighted by atomic mass is 79.9. The van der Waals surface area contributed by atoms with Crippen LogP contribution in [-0.2, 0) is 41.9 Å². The van der Waals surface area contributed by atoms with Crippen LogP contribution in [0.25, 0.3) is 0 Å². The summed E-state index contributed by atoms with van der Waals surface area (Å²) in [6, 6.07) is 16.3. The first-order valence-corrected chi connectivity index (χ1v) is 25.0. The van der Waals surface area contributed by atoms with Crippen LogP contribution in [0.3, 0.4) is 0 Å². The number of hydrogen-bond donors (Lipinski definition) is 4. The second-order valence-electron chi connectivity index (χ2n) is 14.4. The van der Waals surface area contributed by atoms with Gasteiger partial charge in [0.25, 0.3) is 0 Å². The average molecular weight is 1230 g/mol. The second kappa shape index (κ2) is 22.0. The zero-order valence-electron chi connectivity index (χ0n) is 33.6. The third-order valence-corrected chi connectivity index (χ3v) is 15.5. The van der Waals surface area contributed by atoms with Gasteiger partial charge in [-0.25, -0.2) is 35.9 Å². The van der Waals surface area contributed by atoms with Crippen molar-refractivity contribution in [3.63, 3.8) is 0 Å². The fourth-order valence-corrected chi connectivity index (χ4v) is 11.9. The van der Waals surface area contributed by atoms with Gasteiger partial charge in [0.15, 0.2) is 12.4 Å². The number of rotatable bonds is 11. The largest absolute Gasteiger partial charge is 0.448 e. The van der Waals surface area contributed by atoms with Crippen LogP contribution >= 0.6 is 63.7 Å². The Labute approximate surface area is 408 Å². The van der Waals surface area contributed by atoms with Crippen LogP contribution in [0.1, 0.15) is 24.0 Å². The predicted octanol–water partition coefficient (Wildman–Crippen LogP) is 9.15. The van der Waals surface area contributed by atoms with Crippen molar-refractivity contribution in [2.45, 2.75) is 59.3 Å². The van der Waals surface area contributed by atoms with Crippen LogP contribution in [0.5, 0.6) is 0 Å². The number of amides is 2. The van der Waals surface area contributed by atoms with Gasteiger partial charge in [-0.3, -0.25) is 15.1 Å². The minimum Gasteiger partial charge on any atom is -0.448 e. The molecule has 4 aromatic carbocycles. The molecule has 0 radical (unpaired) electrons. The average Bonchev–Trinajstić information content (AvgIpc) is 3.85.